The summed E-state index contributed by atoms with van der Waals surface area (Å²) in [6.45, 7) is 3.73. The molecule has 0 aliphatic heterocycles. The number of methoxy groups -OCH3 is 2. The lowest BCUT2D eigenvalue weighted by Crippen LogP contribution is -2.05. The molecule has 0 aliphatic rings. The van der Waals surface area contributed by atoms with Crippen molar-refractivity contribution in [3.05, 3.63) is 40.7 Å². The van der Waals surface area contributed by atoms with Crippen molar-refractivity contribution in [1.29, 1.82) is 0 Å². The van der Waals surface area contributed by atoms with Gasteiger partial charge in [-0.15, -0.1) is 0 Å². The average Bonchev–Trinajstić information content (AvgIpc) is 2.35. The van der Waals surface area contributed by atoms with Crippen molar-refractivity contribution >= 4 is 17.0 Å². The third kappa shape index (κ3) is 1.89. The third-order valence-corrected chi connectivity index (χ3v) is 2.60. The monoisotopic (exact) mass is 231 g/mol. The molecule has 1 aromatic heterocycles. The molecule has 4 nitrogen and oxygen atoms in total. The van der Waals surface area contributed by atoms with Gasteiger partial charge in [0.05, 0.1) is 19.7 Å². The first-order valence-electron chi connectivity index (χ1n) is 5.11. The van der Waals surface area contributed by atoms with Crippen LogP contribution in [0, 0.1) is 0 Å². The van der Waals surface area contributed by atoms with Gasteiger partial charge in [-0.05, 0) is 6.07 Å². The second kappa shape index (κ2) is 4.33. The van der Waals surface area contributed by atoms with E-state index in [1.165, 1.54) is 13.2 Å². The van der Waals surface area contributed by atoms with Gasteiger partial charge in [0.2, 0.25) is 0 Å². The molecule has 0 radical (unpaired) electrons. The molecule has 0 amide bonds. The average molecular weight is 231 g/mol. The fraction of sp³-hybridized carbons (Fsp3) is 0.154. The Kier molecular flexibility index (Phi) is 2.87. The van der Waals surface area contributed by atoms with Gasteiger partial charge < -0.3 is 14.5 Å². The van der Waals surface area contributed by atoms with Crippen LogP contribution in [0.2, 0.25) is 0 Å². The lowest BCUT2D eigenvalue weighted by molar-refractivity contribution is 0.413. The zero-order valence-electron chi connectivity index (χ0n) is 9.74. The molecule has 1 aromatic carbocycles. The number of aromatic amines is 1. The maximum Gasteiger partial charge on any atom is 0.252 e. The number of H-pyrrole nitrogens is 1. The molecule has 88 valence electrons. The smallest absolute Gasteiger partial charge is 0.252 e. The number of fused-ring (bicyclic) bond motifs is 1. The largest absolute Gasteiger partial charge is 0.496 e. The Balaban J connectivity index is 2.86. The molecular formula is C13H13NO3. The highest BCUT2D eigenvalue weighted by molar-refractivity contribution is 5.88. The van der Waals surface area contributed by atoms with Crippen molar-refractivity contribution in [3.8, 4) is 11.5 Å². The summed E-state index contributed by atoms with van der Waals surface area (Å²) in [5.41, 5.74) is 1.32. The molecule has 4 heteroatoms. The van der Waals surface area contributed by atoms with Gasteiger partial charge in [0.1, 0.15) is 11.5 Å². The molecule has 0 aliphatic carbocycles. The summed E-state index contributed by atoms with van der Waals surface area (Å²) >= 11 is 0. The van der Waals surface area contributed by atoms with E-state index in [-0.39, 0.29) is 5.56 Å². The lowest BCUT2D eigenvalue weighted by Gasteiger charge is -2.09. The van der Waals surface area contributed by atoms with Gasteiger partial charge in [0.15, 0.2) is 0 Å². The highest BCUT2D eigenvalue weighted by Crippen LogP contribution is 2.29. The Morgan fingerprint density at radius 2 is 1.88 bits per heavy atom. The minimum absolute atomic E-state index is 0.206. The zero-order chi connectivity index (χ0) is 12.4. The van der Waals surface area contributed by atoms with Crippen LogP contribution in [0.4, 0.5) is 0 Å². The van der Waals surface area contributed by atoms with E-state index in [2.05, 4.69) is 11.6 Å². The normalized spacial score (nSPS) is 10.2. The fourth-order valence-corrected chi connectivity index (χ4v) is 1.77. The minimum atomic E-state index is -0.206. The summed E-state index contributed by atoms with van der Waals surface area (Å²) in [6, 6.07) is 5.05. The Labute approximate surface area is 98.5 Å². The highest BCUT2D eigenvalue weighted by Gasteiger charge is 2.08. The molecular weight excluding hydrogens is 218 g/mol. The third-order valence-electron chi connectivity index (χ3n) is 2.60. The quantitative estimate of drug-likeness (QED) is 0.880. The van der Waals surface area contributed by atoms with Crippen molar-refractivity contribution in [2.24, 2.45) is 0 Å². The fourth-order valence-electron chi connectivity index (χ4n) is 1.77. The Morgan fingerprint density at radius 1 is 1.18 bits per heavy atom. The molecule has 2 rings (SSSR count). The second-order valence-electron chi connectivity index (χ2n) is 3.55. The van der Waals surface area contributed by atoms with E-state index in [0.29, 0.717) is 17.0 Å². The Hall–Kier alpha value is -2.23. The van der Waals surface area contributed by atoms with E-state index >= 15 is 0 Å². The Bertz CT molecular complexity index is 628. The second-order valence-corrected chi connectivity index (χ2v) is 3.55. The SMILES string of the molecule is C=Cc1cc2c(OC)cc(=O)[nH]c2cc1OC. The lowest BCUT2D eigenvalue weighted by atomic mass is 10.1. The van der Waals surface area contributed by atoms with Gasteiger partial charge in [-0.1, -0.05) is 12.7 Å². The molecule has 2 aromatic rings. The van der Waals surface area contributed by atoms with Gasteiger partial charge in [-0.25, -0.2) is 0 Å². The molecule has 17 heavy (non-hydrogen) atoms. The predicted molar refractivity (Wildman–Crippen MR) is 67.8 cm³/mol. The van der Waals surface area contributed by atoms with Crippen LogP contribution in [0.3, 0.4) is 0 Å². The number of hydrogen-bond donors (Lipinski definition) is 1. The van der Waals surface area contributed by atoms with Crippen LogP contribution in [0.25, 0.3) is 17.0 Å². The minimum Gasteiger partial charge on any atom is -0.496 e. The van der Waals surface area contributed by atoms with Crippen LogP contribution in [0.1, 0.15) is 5.56 Å². The summed E-state index contributed by atoms with van der Waals surface area (Å²) in [4.78, 5) is 14.2. The number of ether oxygens (including phenoxy) is 2. The summed E-state index contributed by atoms with van der Waals surface area (Å²) in [5.74, 6) is 1.20. The zero-order valence-corrected chi connectivity index (χ0v) is 9.74. The number of rotatable bonds is 3. The first-order chi connectivity index (χ1) is 8.19. The topological polar surface area (TPSA) is 51.3 Å². The highest BCUT2D eigenvalue weighted by atomic mass is 16.5. The van der Waals surface area contributed by atoms with Gasteiger partial charge in [0.25, 0.3) is 5.56 Å². The molecule has 0 fully saturated rings. The van der Waals surface area contributed by atoms with Crippen LogP contribution >= 0.6 is 0 Å². The van der Waals surface area contributed by atoms with Gasteiger partial charge in [-0.2, -0.15) is 0 Å². The molecule has 0 spiro atoms. The number of benzene rings is 1. The van der Waals surface area contributed by atoms with E-state index in [4.69, 9.17) is 9.47 Å². The van der Waals surface area contributed by atoms with E-state index in [0.717, 1.165) is 10.9 Å². The number of pyridine rings is 1. The van der Waals surface area contributed by atoms with Crippen molar-refractivity contribution < 1.29 is 9.47 Å². The Morgan fingerprint density at radius 3 is 2.47 bits per heavy atom. The van der Waals surface area contributed by atoms with Crippen LogP contribution < -0.4 is 15.0 Å². The number of hydrogen-bond acceptors (Lipinski definition) is 3. The molecule has 0 bridgehead atoms. The first kappa shape index (κ1) is 11.3. The van der Waals surface area contributed by atoms with E-state index in [1.807, 2.05) is 6.07 Å². The van der Waals surface area contributed by atoms with E-state index in [9.17, 15) is 4.79 Å². The molecule has 0 atom stereocenters. The molecule has 1 N–H and O–H groups in total. The number of nitrogens with one attached hydrogen (secondary N) is 1. The van der Waals surface area contributed by atoms with Crippen molar-refractivity contribution in [1.82, 2.24) is 4.98 Å². The summed E-state index contributed by atoms with van der Waals surface area (Å²) in [5, 5.41) is 0.822. The number of aromatic nitrogens is 1. The maximum atomic E-state index is 11.4. The maximum absolute atomic E-state index is 11.4. The van der Waals surface area contributed by atoms with Crippen molar-refractivity contribution in [3.63, 3.8) is 0 Å². The van der Waals surface area contributed by atoms with Crippen LogP contribution in [0.5, 0.6) is 11.5 Å². The summed E-state index contributed by atoms with van der Waals surface area (Å²) < 4.78 is 10.4. The van der Waals surface area contributed by atoms with Crippen LogP contribution in [0.15, 0.2) is 29.6 Å². The molecule has 0 unspecified atom stereocenters. The molecule has 1 heterocycles. The molecule has 0 saturated carbocycles. The molecule has 0 saturated heterocycles. The first-order valence-corrected chi connectivity index (χ1v) is 5.11. The van der Waals surface area contributed by atoms with Gasteiger partial charge in [0, 0.05) is 23.1 Å². The van der Waals surface area contributed by atoms with Crippen molar-refractivity contribution in [2.45, 2.75) is 0 Å². The van der Waals surface area contributed by atoms with Gasteiger partial charge >= 0.3 is 0 Å². The summed E-state index contributed by atoms with van der Waals surface area (Å²) in [7, 11) is 3.11. The van der Waals surface area contributed by atoms with E-state index in [1.54, 1.807) is 19.3 Å². The van der Waals surface area contributed by atoms with Crippen molar-refractivity contribution in [2.75, 3.05) is 14.2 Å². The van der Waals surface area contributed by atoms with Crippen LogP contribution in [-0.2, 0) is 0 Å². The predicted octanol–water partition coefficient (Wildman–Crippen LogP) is 2.19. The van der Waals surface area contributed by atoms with Gasteiger partial charge in [-0.3, -0.25) is 4.79 Å². The summed E-state index contributed by atoms with van der Waals surface area (Å²) in [6.07, 6.45) is 1.70. The standard InChI is InChI=1S/C13H13NO3/c1-4-8-5-9-10(6-11(8)16-2)14-13(15)7-12(9)17-3/h4-7H,1H2,2-3H3,(H,14,15). The van der Waals surface area contributed by atoms with Crippen LogP contribution in [-0.4, -0.2) is 19.2 Å². The van der Waals surface area contributed by atoms with E-state index < -0.39 is 0 Å².